The van der Waals surface area contributed by atoms with Crippen LogP contribution in [0.15, 0.2) is 59.1 Å². The first-order valence-corrected chi connectivity index (χ1v) is 9.44. The minimum absolute atomic E-state index is 0.116. The second kappa shape index (κ2) is 7.65. The van der Waals surface area contributed by atoms with E-state index in [1.165, 1.54) is 0 Å². The van der Waals surface area contributed by atoms with E-state index in [-0.39, 0.29) is 12.7 Å². The Hall–Kier alpha value is -3.23. The van der Waals surface area contributed by atoms with Crippen LogP contribution in [-0.4, -0.2) is 25.1 Å². The van der Waals surface area contributed by atoms with Gasteiger partial charge in [0, 0.05) is 5.02 Å². The van der Waals surface area contributed by atoms with Crippen molar-refractivity contribution in [1.82, 2.24) is 25.1 Å². The monoisotopic (exact) mass is 409 g/mol. The second-order valence-corrected chi connectivity index (χ2v) is 6.97. The fourth-order valence-electron chi connectivity index (χ4n) is 3.14. The number of para-hydroxylation sites is 1. The summed E-state index contributed by atoms with van der Waals surface area (Å²) in [7, 11) is 0. The first kappa shape index (κ1) is 17.8. The van der Waals surface area contributed by atoms with Gasteiger partial charge in [0.05, 0.1) is 18.8 Å². The zero-order chi connectivity index (χ0) is 19.6. The third kappa shape index (κ3) is 3.72. The van der Waals surface area contributed by atoms with Crippen molar-refractivity contribution in [1.29, 1.82) is 0 Å². The SMILES string of the molecule is Clc1ccc(C2Cn3nnc(-c4noc(COc5ccccc5)n4)c3CO2)cc1. The summed E-state index contributed by atoms with van der Waals surface area (Å²) in [6, 6.07) is 17.0. The van der Waals surface area contributed by atoms with Crippen LogP contribution in [0.1, 0.15) is 23.3 Å². The smallest absolute Gasteiger partial charge is 0.264 e. The van der Waals surface area contributed by atoms with E-state index in [9.17, 15) is 0 Å². The lowest BCUT2D eigenvalue weighted by Crippen LogP contribution is -2.22. The van der Waals surface area contributed by atoms with Gasteiger partial charge < -0.3 is 14.0 Å². The molecule has 5 rings (SSSR count). The fraction of sp³-hybridized carbons (Fsp3) is 0.200. The van der Waals surface area contributed by atoms with Gasteiger partial charge in [-0.3, -0.25) is 0 Å². The maximum absolute atomic E-state index is 6.01. The highest BCUT2D eigenvalue weighted by Crippen LogP contribution is 2.30. The van der Waals surface area contributed by atoms with Gasteiger partial charge in [0.2, 0.25) is 5.82 Å². The molecule has 0 saturated carbocycles. The number of hydrogen-bond donors (Lipinski definition) is 0. The normalized spacial score (nSPS) is 15.8. The highest BCUT2D eigenvalue weighted by atomic mass is 35.5. The predicted molar refractivity (Wildman–Crippen MR) is 103 cm³/mol. The van der Waals surface area contributed by atoms with Crippen LogP contribution in [0.4, 0.5) is 0 Å². The number of fused-ring (bicyclic) bond motifs is 1. The molecule has 0 amide bonds. The molecule has 1 unspecified atom stereocenters. The van der Waals surface area contributed by atoms with Gasteiger partial charge in [-0.2, -0.15) is 4.98 Å². The Balaban J connectivity index is 1.30. The topological polar surface area (TPSA) is 88.1 Å². The van der Waals surface area contributed by atoms with Gasteiger partial charge in [0.15, 0.2) is 12.3 Å². The van der Waals surface area contributed by atoms with E-state index in [0.717, 1.165) is 17.0 Å². The highest BCUT2D eigenvalue weighted by Gasteiger charge is 2.27. The van der Waals surface area contributed by atoms with Gasteiger partial charge in [0.25, 0.3) is 5.89 Å². The Labute approximate surface area is 171 Å². The van der Waals surface area contributed by atoms with Gasteiger partial charge in [-0.15, -0.1) is 5.10 Å². The lowest BCUT2D eigenvalue weighted by molar-refractivity contribution is -0.00111. The molecule has 0 radical (unpaired) electrons. The molecular formula is C20H16ClN5O3. The summed E-state index contributed by atoms with van der Waals surface area (Å²) in [4.78, 5) is 4.37. The van der Waals surface area contributed by atoms with Crippen molar-refractivity contribution < 1.29 is 14.0 Å². The van der Waals surface area contributed by atoms with E-state index >= 15 is 0 Å². The minimum atomic E-state index is -0.116. The van der Waals surface area contributed by atoms with Crippen molar-refractivity contribution in [2.75, 3.05) is 0 Å². The van der Waals surface area contributed by atoms with Crippen LogP contribution < -0.4 is 4.74 Å². The molecule has 0 spiro atoms. The molecule has 8 nitrogen and oxygen atoms in total. The molecule has 29 heavy (non-hydrogen) atoms. The quantitative estimate of drug-likeness (QED) is 0.495. The average molecular weight is 410 g/mol. The van der Waals surface area contributed by atoms with Gasteiger partial charge in [-0.05, 0) is 29.8 Å². The van der Waals surface area contributed by atoms with E-state index in [4.69, 9.17) is 25.6 Å². The van der Waals surface area contributed by atoms with E-state index in [1.54, 1.807) is 0 Å². The summed E-state index contributed by atoms with van der Waals surface area (Å²) < 4.78 is 18.7. The number of benzene rings is 2. The Morgan fingerprint density at radius 2 is 1.93 bits per heavy atom. The molecule has 0 bridgehead atoms. The molecular weight excluding hydrogens is 394 g/mol. The first-order chi connectivity index (χ1) is 14.3. The number of ether oxygens (including phenoxy) is 2. The van der Waals surface area contributed by atoms with Crippen molar-refractivity contribution in [3.05, 3.63) is 76.8 Å². The van der Waals surface area contributed by atoms with Crippen LogP contribution in [0, 0.1) is 0 Å². The van der Waals surface area contributed by atoms with Crippen LogP contribution in [0.2, 0.25) is 5.02 Å². The fourth-order valence-corrected chi connectivity index (χ4v) is 3.26. The molecule has 4 aromatic rings. The van der Waals surface area contributed by atoms with Crippen molar-refractivity contribution in [2.24, 2.45) is 0 Å². The number of rotatable bonds is 5. The molecule has 1 aliphatic heterocycles. The Morgan fingerprint density at radius 1 is 1.10 bits per heavy atom. The number of hydrogen-bond acceptors (Lipinski definition) is 7. The lowest BCUT2D eigenvalue weighted by atomic mass is 10.1. The lowest BCUT2D eigenvalue weighted by Gasteiger charge is -2.24. The third-order valence-electron chi connectivity index (χ3n) is 4.62. The van der Waals surface area contributed by atoms with Crippen LogP contribution in [0.5, 0.6) is 5.75 Å². The third-order valence-corrected chi connectivity index (χ3v) is 4.88. The molecule has 2 aromatic heterocycles. The van der Waals surface area contributed by atoms with Crippen LogP contribution in [-0.2, 0) is 24.5 Å². The summed E-state index contributed by atoms with van der Waals surface area (Å²) in [5.41, 5.74) is 2.40. The predicted octanol–water partition coefficient (Wildman–Crippen LogP) is 3.83. The first-order valence-electron chi connectivity index (χ1n) is 9.06. The molecule has 0 fully saturated rings. The Bertz CT molecular complexity index is 1110. The number of aromatic nitrogens is 5. The van der Waals surface area contributed by atoms with Crippen molar-refractivity contribution in [2.45, 2.75) is 25.9 Å². The molecule has 146 valence electrons. The molecule has 0 saturated heterocycles. The maximum Gasteiger partial charge on any atom is 0.264 e. The Morgan fingerprint density at radius 3 is 2.76 bits per heavy atom. The number of halogens is 1. The van der Waals surface area contributed by atoms with E-state index < -0.39 is 0 Å². The van der Waals surface area contributed by atoms with Crippen LogP contribution >= 0.6 is 11.6 Å². The zero-order valence-corrected chi connectivity index (χ0v) is 16.0. The summed E-state index contributed by atoms with van der Waals surface area (Å²) in [6.07, 6.45) is -0.116. The summed E-state index contributed by atoms with van der Waals surface area (Å²) in [6.45, 7) is 1.07. The summed E-state index contributed by atoms with van der Waals surface area (Å²) in [5.74, 6) is 1.46. The van der Waals surface area contributed by atoms with Crippen molar-refractivity contribution in [3.63, 3.8) is 0 Å². The molecule has 1 atom stereocenters. The van der Waals surface area contributed by atoms with Crippen molar-refractivity contribution in [3.8, 4) is 17.3 Å². The van der Waals surface area contributed by atoms with Gasteiger partial charge >= 0.3 is 0 Å². The highest BCUT2D eigenvalue weighted by molar-refractivity contribution is 6.30. The van der Waals surface area contributed by atoms with Gasteiger partial charge in [-0.25, -0.2) is 4.68 Å². The van der Waals surface area contributed by atoms with Crippen LogP contribution in [0.25, 0.3) is 11.5 Å². The Kier molecular flexibility index (Phi) is 4.71. The van der Waals surface area contributed by atoms with Crippen molar-refractivity contribution >= 4 is 11.6 Å². The molecule has 0 aliphatic carbocycles. The van der Waals surface area contributed by atoms with Gasteiger partial charge in [0.1, 0.15) is 11.9 Å². The average Bonchev–Trinajstić information content (AvgIpc) is 3.40. The number of nitrogens with zero attached hydrogens (tertiary/aromatic N) is 5. The minimum Gasteiger partial charge on any atom is -0.484 e. The summed E-state index contributed by atoms with van der Waals surface area (Å²) >= 11 is 5.96. The summed E-state index contributed by atoms with van der Waals surface area (Å²) in [5, 5.41) is 13.2. The molecule has 3 heterocycles. The molecule has 2 aromatic carbocycles. The van der Waals surface area contributed by atoms with E-state index in [1.807, 2.05) is 59.3 Å². The standard InChI is InChI=1S/C20H16ClN5O3/c21-14-8-6-13(7-9-14)17-10-26-16(11-28-17)19(23-25-26)20-22-18(29-24-20)12-27-15-4-2-1-3-5-15/h1-9,17H,10-12H2. The maximum atomic E-state index is 6.01. The van der Waals surface area contributed by atoms with Gasteiger partial charge in [-0.1, -0.05) is 52.3 Å². The second-order valence-electron chi connectivity index (χ2n) is 6.53. The van der Waals surface area contributed by atoms with E-state index in [2.05, 4.69) is 20.5 Å². The largest absolute Gasteiger partial charge is 0.484 e. The van der Waals surface area contributed by atoms with E-state index in [0.29, 0.717) is 35.6 Å². The van der Waals surface area contributed by atoms with Crippen LogP contribution in [0.3, 0.4) is 0 Å². The zero-order valence-electron chi connectivity index (χ0n) is 15.2. The molecule has 0 N–H and O–H groups in total. The molecule has 1 aliphatic rings. The molecule has 9 heteroatoms.